The molecule has 1 rings (SSSR count). The van der Waals surface area contributed by atoms with Gasteiger partial charge in [0.15, 0.2) is 0 Å². The number of aromatic hydroxyl groups is 1. The maximum atomic E-state index is 10.4. The van der Waals surface area contributed by atoms with E-state index in [9.17, 15) is 4.79 Å². The Labute approximate surface area is 100 Å². The number of phenolic OH excluding ortho intramolecular Hbond substituents is 1. The van der Waals surface area contributed by atoms with Crippen molar-refractivity contribution in [2.45, 2.75) is 12.5 Å². The second-order valence-electron chi connectivity index (χ2n) is 2.82. The first kappa shape index (κ1) is 17.1. The van der Waals surface area contributed by atoms with E-state index in [0.717, 1.165) is 5.56 Å². The number of aliphatic carboxylic acids is 1. The molecule has 0 aliphatic carbocycles. The molecule has 0 heterocycles. The second kappa shape index (κ2) is 8.96. The number of phenols is 1. The molecule has 1 unspecified atom stereocenters. The molecule has 0 spiro atoms. The molecule has 0 saturated heterocycles. The van der Waals surface area contributed by atoms with Crippen LogP contribution in [0.1, 0.15) is 5.56 Å². The fourth-order valence-corrected chi connectivity index (χ4v) is 0.973. The number of carbonyl (C=O) groups is 1. The summed E-state index contributed by atoms with van der Waals surface area (Å²) in [7, 11) is 1.50. The van der Waals surface area contributed by atoms with E-state index in [4.69, 9.17) is 15.9 Å². The standard InChI is InChI=1S/C9H11NO3.CH5N.ClH/c10-8(9(12)13)5-6-1-3-7(11)4-2-6;1-2;/h1-4,8,11H,5,10H2,(H,12,13);2H2,1H3;1H. The molecule has 0 bridgehead atoms. The van der Waals surface area contributed by atoms with Crippen molar-refractivity contribution in [3.63, 3.8) is 0 Å². The van der Waals surface area contributed by atoms with E-state index >= 15 is 0 Å². The van der Waals surface area contributed by atoms with Gasteiger partial charge in [0, 0.05) is 0 Å². The van der Waals surface area contributed by atoms with Crippen LogP contribution in [-0.2, 0) is 11.2 Å². The maximum absolute atomic E-state index is 10.4. The monoisotopic (exact) mass is 248 g/mol. The Balaban J connectivity index is 0. The highest BCUT2D eigenvalue weighted by Crippen LogP contribution is 2.10. The van der Waals surface area contributed by atoms with Gasteiger partial charge >= 0.3 is 5.97 Å². The number of nitrogens with two attached hydrogens (primary N) is 2. The Morgan fingerprint density at radius 2 is 1.75 bits per heavy atom. The molecule has 0 fully saturated rings. The Morgan fingerprint density at radius 3 is 2.12 bits per heavy atom. The van der Waals surface area contributed by atoms with Gasteiger partial charge in [-0.1, -0.05) is 12.1 Å². The van der Waals surface area contributed by atoms with E-state index in [1.807, 2.05) is 0 Å². The minimum absolute atomic E-state index is 0. The first-order valence-corrected chi connectivity index (χ1v) is 4.43. The van der Waals surface area contributed by atoms with Gasteiger partial charge in [0.25, 0.3) is 0 Å². The molecule has 6 heteroatoms. The van der Waals surface area contributed by atoms with E-state index in [1.54, 1.807) is 12.1 Å². The SMILES string of the molecule is CN.Cl.NC(Cc1ccc(O)cc1)C(=O)O. The molecule has 0 aliphatic heterocycles. The number of carboxylic acid groups (broad SMARTS) is 1. The van der Waals surface area contributed by atoms with Crippen LogP contribution in [0.4, 0.5) is 0 Å². The zero-order valence-electron chi connectivity index (χ0n) is 8.96. The van der Waals surface area contributed by atoms with Crippen LogP contribution in [0.25, 0.3) is 0 Å². The van der Waals surface area contributed by atoms with Crippen molar-refractivity contribution in [1.29, 1.82) is 0 Å². The lowest BCUT2D eigenvalue weighted by Crippen LogP contribution is -2.32. The summed E-state index contributed by atoms with van der Waals surface area (Å²) in [4.78, 5) is 10.4. The molecule has 0 aliphatic rings. The lowest BCUT2D eigenvalue weighted by Gasteiger charge is -2.05. The summed E-state index contributed by atoms with van der Waals surface area (Å²) >= 11 is 0. The lowest BCUT2D eigenvalue weighted by molar-refractivity contribution is -0.138. The van der Waals surface area contributed by atoms with Gasteiger partial charge in [-0.15, -0.1) is 12.4 Å². The third-order valence-corrected chi connectivity index (χ3v) is 1.71. The summed E-state index contributed by atoms with van der Waals surface area (Å²) in [6.45, 7) is 0. The van der Waals surface area contributed by atoms with Crippen LogP contribution in [0, 0.1) is 0 Å². The van der Waals surface area contributed by atoms with Gasteiger partial charge in [-0.05, 0) is 31.2 Å². The average molecular weight is 249 g/mol. The molecule has 0 saturated carbocycles. The van der Waals surface area contributed by atoms with Crippen molar-refractivity contribution in [3.8, 4) is 5.75 Å². The Morgan fingerprint density at radius 1 is 1.31 bits per heavy atom. The lowest BCUT2D eigenvalue weighted by atomic mass is 10.1. The van der Waals surface area contributed by atoms with Crippen molar-refractivity contribution >= 4 is 18.4 Å². The molecule has 6 N–H and O–H groups in total. The number of benzene rings is 1. The van der Waals surface area contributed by atoms with Gasteiger partial charge < -0.3 is 21.7 Å². The van der Waals surface area contributed by atoms with E-state index in [-0.39, 0.29) is 24.6 Å². The highest BCUT2D eigenvalue weighted by molar-refractivity contribution is 5.85. The van der Waals surface area contributed by atoms with Crippen LogP contribution in [0.15, 0.2) is 24.3 Å². The smallest absolute Gasteiger partial charge is 0.320 e. The minimum Gasteiger partial charge on any atom is -0.508 e. The highest BCUT2D eigenvalue weighted by atomic mass is 35.5. The number of carboxylic acids is 1. The van der Waals surface area contributed by atoms with Gasteiger partial charge in [0.2, 0.25) is 0 Å². The van der Waals surface area contributed by atoms with Crippen molar-refractivity contribution in [1.82, 2.24) is 0 Å². The average Bonchev–Trinajstić information content (AvgIpc) is 2.24. The quantitative estimate of drug-likeness (QED) is 0.617. The summed E-state index contributed by atoms with van der Waals surface area (Å²) < 4.78 is 0. The molecule has 1 atom stereocenters. The Kier molecular flexibility index (Phi) is 9.58. The second-order valence-corrected chi connectivity index (χ2v) is 2.82. The van der Waals surface area contributed by atoms with Crippen molar-refractivity contribution in [3.05, 3.63) is 29.8 Å². The van der Waals surface area contributed by atoms with Gasteiger partial charge in [-0.3, -0.25) is 4.79 Å². The third kappa shape index (κ3) is 6.23. The number of halogens is 1. The minimum atomic E-state index is -1.02. The third-order valence-electron chi connectivity index (χ3n) is 1.71. The van der Waals surface area contributed by atoms with Gasteiger partial charge in [0.1, 0.15) is 11.8 Å². The van der Waals surface area contributed by atoms with Crippen LogP contribution >= 0.6 is 12.4 Å². The first-order valence-electron chi connectivity index (χ1n) is 4.43. The molecule has 1 aromatic rings. The molecule has 1 aromatic carbocycles. The van der Waals surface area contributed by atoms with E-state index < -0.39 is 12.0 Å². The van der Waals surface area contributed by atoms with Crippen LogP contribution in [0.2, 0.25) is 0 Å². The highest BCUT2D eigenvalue weighted by Gasteiger charge is 2.11. The molecule has 0 aromatic heterocycles. The van der Waals surface area contributed by atoms with Crippen molar-refractivity contribution < 1.29 is 15.0 Å². The fourth-order valence-electron chi connectivity index (χ4n) is 0.973. The maximum Gasteiger partial charge on any atom is 0.320 e. The van der Waals surface area contributed by atoms with Gasteiger partial charge in [-0.2, -0.15) is 0 Å². The summed E-state index contributed by atoms with van der Waals surface area (Å²) in [5.74, 6) is -0.860. The molecular formula is C10H17ClN2O3. The van der Waals surface area contributed by atoms with Crippen LogP contribution in [-0.4, -0.2) is 29.3 Å². The number of hydrogen-bond acceptors (Lipinski definition) is 4. The Hall–Kier alpha value is -1.30. The summed E-state index contributed by atoms with van der Waals surface area (Å²) in [6, 6.07) is 5.42. The molecule has 0 radical (unpaired) electrons. The van der Waals surface area contributed by atoms with Gasteiger partial charge in [-0.25, -0.2) is 0 Å². The summed E-state index contributed by atoms with van der Waals surface area (Å²) in [5, 5.41) is 17.5. The fraction of sp³-hybridized carbons (Fsp3) is 0.300. The van der Waals surface area contributed by atoms with E-state index in [1.165, 1.54) is 19.2 Å². The first-order chi connectivity index (χ1) is 7.09. The largest absolute Gasteiger partial charge is 0.508 e. The normalized spacial score (nSPS) is 10.4. The molecule has 0 amide bonds. The molecule has 5 nitrogen and oxygen atoms in total. The van der Waals surface area contributed by atoms with Crippen molar-refractivity contribution in [2.75, 3.05) is 7.05 Å². The van der Waals surface area contributed by atoms with Gasteiger partial charge in [0.05, 0.1) is 0 Å². The predicted octanol–water partition coefficient (Wildman–Crippen LogP) is 0.343. The van der Waals surface area contributed by atoms with E-state index in [0.29, 0.717) is 0 Å². The summed E-state index contributed by atoms with van der Waals surface area (Å²) in [6.07, 6.45) is 0.273. The predicted molar refractivity (Wildman–Crippen MR) is 64.8 cm³/mol. The molecule has 16 heavy (non-hydrogen) atoms. The molecular weight excluding hydrogens is 232 g/mol. The zero-order chi connectivity index (χ0) is 11.8. The molecule has 92 valence electrons. The number of hydrogen-bond donors (Lipinski definition) is 4. The van der Waals surface area contributed by atoms with Crippen molar-refractivity contribution in [2.24, 2.45) is 11.5 Å². The topological polar surface area (TPSA) is 110 Å². The summed E-state index contributed by atoms with van der Waals surface area (Å²) in [5.41, 5.74) is 10.6. The zero-order valence-corrected chi connectivity index (χ0v) is 9.78. The van der Waals surface area contributed by atoms with Crippen LogP contribution < -0.4 is 11.5 Å². The Bertz CT molecular complexity index is 303. The van der Waals surface area contributed by atoms with Crippen LogP contribution in [0.5, 0.6) is 5.75 Å². The van der Waals surface area contributed by atoms with Crippen LogP contribution in [0.3, 0.4) is 0 Å². The number of rotatable bonds is 3. The van der Waals surface area contributed by atoms with E-state index in [2.05, 4.69) is 5.73 Å².